The molecule has 0 radical (unpaired) electrons. The lowest BCUT2D eigenvalue weighted by molar-refractivity contribution is 0.149. The van der Waals surface area contributed by atoms with Gasteiger partial charge in [-0.25, -0.2) is 0 Å². The Morgan fingerprint density at radius 2 is 1.70 bits per heavy atom. The van der Waals surface area contributed by atoms with E-state index in [9.17, 15) is 0 Å². The number of nitrogens with two attached hydrogens (primary N) is 1. The molecule has 0 aliphatic heterocycles. The van der Waals surface area contributed by atoms with Crippen LogP contribution in [0.15, 0.2) is 12.1 Å². The second-order valence-corrected chi connectivity index (χ2v) is 6.78. The zero-order chi connectivity index (χ0) is 14.9. The van der Waals surface area contributed by atoms with Crippen LogP contribution in [0.1, 0.15) is 55.0 Å². The van der Waals surface area contributed by atoms with Crippen LogP contribution in [0.4, 0.5) is 0 Å². The predicted octanol–water partition coefficient (Wildman–Crippen LogP) is 3.73. The van der Waals surface area contributed by atoms with Crippen molar-refractivity contribution < 1.29 is 0 Å². The zero-order valence-electron chi connectivity index (χ0n) is 13.7. The normalized spacial score (nSPS) is 17.0. The Bertz CT molecular complexity index is 461. The molecular weight excluding hydrogens is 244 g/mol. The Labute approximate surface area is 124 Å². The van der Waals surface area contributed by atoms with Crippen LogP contribution >= 0.6 is 0 Å². The number of hydrogen-bond acceptors (Lipinski definition) is 2. The summed E-state index contributed by atoms with van der Waals surface area (Å²) < 4.78 is 0. The summed E-state index contributed by atoms with van der Waals surface area (Å²) in [7, 11) is 0. The van der Waals surface area contributed by atoms with Crippen molar-refractivity contribution in [2.45, 2.75) is 59.5 Å². The monoisotopic (exact) mass is 274 g/mol. The molecule has 2 heteroatoms. The van der Waals surface area contributed by atoms with Gasteiger partial charge in [0.05, 0.1) is 0 Å². The average molecular weight is 274 g/mol. The molecule has 20 heavy (non-hydrogen) atoms. The van der Waals surface area contributed by atoms with E-state index in [-0.39, 0.29) is 0 Å². The van der Waals surface area contributed by atoms with E-state index in [1.165, 1.54) is 41.6 Å². The van der Waals surface area contributed by atoms with Crippen LogP contribution in [-0.2, 0) is 0 Å². The first kappa shape index (κ1) is 15.5. The largest absolute Gasteiger partial charge is 0.329 e. The molecule has 2 rings (SSSR count). The van der Waals surface area contributed by atoms with Crippen LogP contribution in [0.25, 0.3) is 0 Å². The molecule has 1 aromatic rings. The van der Waals surface area contributed by atoms with Crippen molar-refractivity contribution in [1.82, 2.24) is 4.90 Å². The molecule has 112 valence electrons. The van der Waals surface area contributed by atoms with Crippen molar-refractivity contribution in [3.63, 3.8) is 0 Å². The molecule has 1 saturated carbocycles. The molecule has 1 aliphatic carbocycles. The Kier molecular flexibility index (Phi) is 4.87. The molecule has 2 nitrogen and oxygen atoms in total. The van der Waals surface area contributed by atoms with Crippen LogP contribution in [0.3, 0.4) is 0 Å². The van der Waals surface area contributed by atoms with E-state index in [0.29, 0.717) is 18.6 Å². The fourth-order valence-corrected chi connectivity index (χ4v) is 3.08. The Hall–Kier alpha value is -0.860. The standard InChI is InChI=1S/C18H30N2/c1-12(2)20(11-16-6-7-16)18(10-19)17-9-14(4)13(3)8-15(17)5/h8-9,12,16,18H,6-7,10-11,19H2,1-5H3. The molecule has 0 spiro atoms. The van der Waals surface area contributed by atoms with Crippen LogP contribution in [0.5, 0.6) is 0 Å². The SMILES string of the molecule is Cc1cc(C)c(C(CN)N(CC2CC2)C(C)C)cc1C. The summed E-state index contributed by atoms with van der Waals surface area (Å²) in [6.45, 7) is 13.1. The van der Waals surface area contributed by atoms with Gasteiger partial charge in [0.15, 0.2) is 0 Å². The summed E-state index contributed by atoms with van der Waals surface area (Å²) in [5.41, 5.74) is 11.7. The maximum atomic E-state index is 6.15. The van der Waals surface area contributed by atoms with Crippen LogP contribution in [0, 0.1) is 26.7 Å². The van der Waals surface area contributed by atoms with Crippen molar-refractivity contribution in [2.24, 2.45) is 11.7 Å². The molecule has 1 aliphatic rings. The van der Waals surface area contributed by atoms with Gasteiger partial charge >= 0.3 is 0 Å². The third kappa shape index (κ3) is 3.42. The molecule has 0 amide bonds. The van der Waals surface area contributed by atoms with Gasteiger partial charge in [-0.1, -0.05) is 12.1 Å². The zero-order valence-corrected chi connectivity index (χ0v) is 13.7. The van der Waals surface area contributed by atoms with Gasteiger partial charge < -0.3 is 5.73 Å². The Morgan fingerprint density at radius 1 is 1.10 bits per heavy atom. The fraction of sp³-hybridized carbons (Fsp3) is 0.667. The Morgan fingerprint density at radius 3 is 2.20 bits per heavy atom. The van der Waals surface area contributed by atoms with Gasteiger partial charge in [0.2, 0.25) is 0 Å². The summed E-state index contributed by atoms with van der Waals surface area (Å²) in [6.07, 6.45) is 2.79. The highest BCUT2D eigenvalue weighted by atomic mass is 15.2. The highest BCUT2D eigenvalue weighted by Gasteiger charge is 2.30. The highest BCUT2D eigenvalue weighted by Crippen LogP contribution is 2.34. The number of rotatable bonds is 6. The van der Waals surface area contributed by atoms with Gasteiger partial charge in [0, 0.05) is 25.2 Å². The van der Waals surface area contributed by atoms with E-state index < -0.39 is 0 Å². The first-order valence-corrected chi connectivity index (χ1v) is 7.97. The van der Waals surface area contributed by atoms with E-state index in [0.717, 1.165) is 5.92 Å². The third-order valence-electron chi connectivity index (χ3n) is 4.69. The molecule has 2 N–H and O–H groups in total. The first-order chi connectivity index (χ1) is 9.43. The molecule has 0 aromatic heterocycles. The molecule has 0 heterocycles. The third-order valence-corrected chi connectivity index (χ3v) is 4.69. The predicted molar refractivity (Wildman–Crippen MR) is 87.0 cm³/mol. The Balaban J connectivity index is 2.31. The van der Waals surface area contributed by atoms with Crippen molar-refractivity contribution in [2.75, 3.05) is 13.1 Å². The molecule has 0 bridgehead atoms. The maximum absolute atomic E-state index is 6.15. The molecule has 1 fully saturated rings. The summed E-state index contributed by atoms with van der Waals surface area (Å²) in [5.74, 6) is 0.901. The van der Waals surface area contributed by atoms with E-state index in [4.69, 9.17) is 5.73 Å². The lowest BCUT2D eigenvalue weighted by Crippen LogP contribution is -2.40. The van der Waals surface area contributed by atoms with Gasteiger partial charge in [0.25, 0.3) is 0 Å². The fourth-order valence-electron chi connectivity index (χ4n) is 3.08. The average Bonchev–Trinajstić information content (AvgIpc) is 3.18. The topological polar surface area (TPSA) is 29.3 Å². The van der Waals surface area contributed by atoms with Crippen molar-refractivity contribution >= 4 is 0 Å². The van der Waals surface area contributed by atoms with Crippen molar-refractivity contribution in [3.05, 3.63) is 34.4 Å². The lowest BCUT2D eigenvalue weighted by Gasteiger charge is -2.36. The van der Waals surface area contributed by atoms with E-state index in [1.54, 1.807) is 0 Å². The maximum Gasteiger partial charge on any atom is 0.0475 e. The molecular formula is C18H30N2. The van der Waals surface area contributed by atoms with Crippen LogP contribution in [-0.4, -0.2) is 24.0 Å². The minimum absolute atomic E-state index is 0.356. The van der Waals surface area contributed by atoms with Crippen LogP contribution in [0.2, 0.25) is 0 Å². The molecule has 1 aromatic carbocycles. The molecule has 0 saturated heterocycles. The van der Waals surface area contributed by atoms with E-state index >= 15 is 0 Å². The second kappa shape index (κ2) is 6.28. The summed E-state index contributed by atoms with van der Waals surface area (Å²) in [6, 6.07) is 5.56. The summed E-state index contributed by atoms with van der Waals surface area (Å²) >= 11 is 0. The quantitative estimate of drug-likeness (QED) is 0.856. The lowest BCUT2D eigenvalue weighted by atomic mass is 9.94. The highest BCUT2D eigenvalue weighted by molar-refractivity contribution is 5.38. The summed E-state index contributed by atoms with van der Waals surface area (Å²) in [5, 5.41) is 0. The minimum atomic E-state index is 0.356. The van der Waals surface area contributed by atoms with Gasteiger partial charge in [-0.15, -0.1) is 0 Å². The van der Waals surface area contributed by atoms with Gasteiger partial charge in [-0.2, -0.15) is 0 Å². The van der Waals surface area contributed by atoms with Gasteiger partial charge in [-0.3, -0.25) is 4.90 Å². The number of benzene rings is 1. The van der Waals surface area contributed by atoms with Crippen molar-refractivity contribution in [1.29, 1.82) is 0 Å². The molecule has 1 unspecified atom stereocenters. The van der Waals surface area contributed by atoms with E-state index in [1.807, 2.05) is 0 Å². The van der Waals surface area contributed by atoms with Gasteiger partial charge in [-0.05, 0) is 75.6 Å². The number of aryl methyl sites for hydroxylation is 3. The molecule has 1 atom stereocenters. The van der Waals surface area contributed by atoms with Gasteiger partial charge in [0.1, 0.15) is 0 Å². The van der Waals surface area contributed by atoms with Crippen LogP contribution < -0.4 is 5.73 Å². The van der Waals surface area contributed by atoms with E-state index in [2.05, 4.69) is 51.7 Å². The second-order valence-electron chi connectivity index (χ2n) is 6.78. The number of hydrogen-bond donors (Lipinski definition) is 1. The summed E-state index contributed by atoms with van der Waals surface area (Å²) in [4.78, 5) is 2.61. The smallest absolute Gasteiger partial charge is 0.0475 e. The minimum Gasteiger partial charge on any atom is -0.329 e. The first-order valence-electron chi connectivity index (χ1n) is 7.97. The number of nitrogens with zero attached hydrogens (tertiary/aromatic N) is 1. The van der Waals surface area contributed by atoms with Crippen molar-refractivity contribution in [3.8, 4) is 0 Å².